The second-order valence-electron chi connectivity index (χ2n) is 4.86. The molecule has 86 valence electrons. The molecule has 1 aliphatic carbocycles. The predicted molar refractivity (Wildman–Crippen MR) is 55.7 cm³/mol. The van der Waals surface area contributed by atoms with Crippen LogP contribution in [0.5, 0.6) is 0 Å². The van der Waals surface area contributed by atoms with Crippen LogP contribution in [-0.2, 0) is 9.53 Å². The van der Waals surface area contributed by atoms with E-state index >= 15 is 0 Å². The topological polar surface area (TPSA) is 58.6 Å². The predicted octanol–water partition coefficient (Wildman–Crippen LogP) is 0.867. The van der Waals surface area contributed by atoms with E-state index in [0.717, 1.165) is 12.5 Å². The molecule has 0 amide bonds. The van der Waals surface area contributed by atoms with Gasteiger partial charge < -0.3 is 15.2 Å². The molecule has 4 heteroatoms. The highest BCUT2D eigenvalue weighted by Gasteiger charge is 2.45. The van der Waals surface area contributed by atoms with E-state index in [2.05, 4.69) is 5.32 Å². The lowest BCUT2D eigenvalue weighted by atomic mass is 9.86. The van der Waals surface area contributed by atoms with Gasteiger partial charge in [-0.3, -0.25) is 4.79 Å². The fourth-order valence-corrected chi connectivity index (χ4v) is 2.38. The number of ether oxygens (including phenoxy) is 1. The number of aliphatic carboxylic acids is 1. The molecule has 0 spiro atoms. The molecular weight excluding hydrogens is 194 g/mol. The number of rotatable bonds is 5. The van der Waals surface area contributed by atoms with Crippen molar-refractivity contribution in [1.82, 2.24) is 5.32 Å². The second-order valence-corrected chi connectivity index (χ2v) is 4.86. The maximum atomic E-state index is 11.0. The Balaban J connectivity index is 1.69. The van der Waals surface area contributed by atoms with Gasteiger partial charge in [0.15, 0.2) is 0 Å². The lowest BCUT2D eigenvalue weighted by molar-refractivity contribution is -0.178. The molecule has 0 aromatic heterocycles. The first-order valence-electron chi connectivity index (χ1n) is 5.75. The Morgan fingerprint density at radius 3 is 2.53 bits per heavy atom. The van der Waals surface area contributed by atoms with Gasteiger partial charge in [-0.25, -0.2) is 0 Å². The number of carboxylic acids is 1. The van der Waals surface area contributed by atoms with Crippen LogP contribution in [0.25, 0.3) is 0 Å². The van der Waals surface area contributed by atoms with E-state index in [4.69, 9.17) is 9.84 Å². The van der Waals surface area contributed by atoms with Gasteiger partial charge in [0.1, 0.15) is 5.41 Å². The summed E-state index contributed by atoms with van der Waals surface area (Å²) in [4.78, 5) is 11.0. The summed E-state index contributed by atoms with van der Waals surface area (Å²) in [5.74, 6) is 0.0320. The number of carboxylic acid groups (broad SMARTS) is 1. The van der Waals surface area contributed by atoms with Crippen molar-refractivity contribution in [2.45, 2.75) is 25.7 Å². The molecule has 0 unspecified atom stereocenters. The molecule has 2 aliphatic rings. The van der Waals surface area contributed by atoms with E-state index in [-0.39, 0.29) is 0 Å². The molecular formula is C11H19NO3. The van der Waals surface area contributed by atoms with Gasteiger partial charge in [0.05, 0.1) is 13.2 Å². The lowest BCUT2D eigenvalue weighted by Crippen LogP contribution is -2.55. The maximum absolute atomic E-state index is 11.0. The minimum Gasteiger partial charge on any atom is -0.481 e. The van der Waals surface area contributed by atoms with E-state index in [1.54, 1.807) is 0 Å². The van der Waals surface area contributed by atoms with Crippen LogP contribution in [0.1, 0.15) is 25.7 Å². The van der Waals surface area contributed by atoms with Gasteiger partial charge in [-0.05, 0) is 25.3 Å². The molecule has 0 aromatic rings. The van der Waals surface area contributed by atoms with Gasteiger partial charge in [0.25, 0.3) is 0 Å². The van der Waals surface area contributed by atoms with Crippen molar-refractivity contribution < 1.29 is 14.6 Å². The van der Waals surface area contributed by atoms with Gasteiger partial charge in [-0.1, -0.05) is 12.8 Å². The normalized spacial score (nSPS) is 25.1. The summed E-state index contributed by atoms with van der Waals surface area (Å²) in [6.45, 7) is 2.24. The van der Waals surface area contributed by atoms with Crippen molar-refractivity contribution in [2.75, 3.05) is 26.3 Å². The molecule has 0 bridgehead atoms. The van der Waals surface area contributed by atoms with Crippen molar-refractivity contribution in [3.63, 3.8) is 0 Å². The average molecular weight is 213 g/mol. The maximum Gasteiger partial charge on any atom is 0.315 e. The molecule has 1 aliphatic heterocycles. The van der Waals surface area contributed by atoms with E-state index in [9.17, 15) is 4.79 Å². The van der Waals surface area contributed by atoms with Crippen molar-refractivity contribution in [3.8, 4) is 0 Å². The van der Waals surface area contributed by atoms with Gasteiger partial charge in [-0.2, -0.15) is 0 Å². The first-order chi connectivity index (χ1) is 7.23. The monoisotopic (exact) mass is 213 g/mol. The Morgan fingerprint density at radius 2 is 2.07 bits per heavy atom. The van der Waals surface area contributed by atoms with Gasteiger partial charge >= 0.3 is 5.97 Å². The summed E-state index contributed by atoms with van der Waals surface area (Å²) in [6, 6.07) is 0. The minimum absolute atomic E-state index is 0.361. The minimum atomic E-state index is -0.729. The zero-order valence-corrected chi connectivity index (χ0v) is 9.00. The Bertz CT molecular complexity index is 232. The van der Waals surface area contributed by atoms with Crippen LogP contribution in [0.2, 0.25) is 0 Å². The fourth-order valence-electron chi connectivity index (χ4n) is 2.38. The lowest BCUT2D eigenvalue weighted by Gasteiger charge is -2.37. The van der Waals surface area contributed by atoms with Crippen LogP contribution in [0.15, 0.2) is 0 Å². The molecule has 0 aromatic carbocycles. The van der Waals surface area contributed by atoms with Gasteiger partial charge in [0.2, 0.25) is 0 Å². The van der Waals surface area contributed by atoms with Crippen LogP contribution in [0, 0.1) is 11.3 Å². The smallest absolute Gasteiger partial charge is 0.315 e. The van der Waals surface area contributed by atoms with E-state index in [0.29, 0.717) is 19.8 Å². The largest absolute Gasteiger partial charge is 0.481 e. The average Bonchev–Trinajstić information content (AvgIpc) is 2.61. The van der Waals surface area contributed by atoms with Gasteiger partial charge in [0, 0.05) is 6.54 Å². The van der Waals surface area contributed by atoms with Crippen molar-refractivity contribution in [2.24, 2.45) is 11.3 Å². The molecule has 0 atom stereocenters. The summed E-state index contributed by atoms with van der Waals surface area (Å²) in [5, 5.41) is 12.3. The first-order valence-corrected chi connectivity index (χ1v) is 5.75. The highest BCUT2D eigenvalue weighted by molar-refractivity contribution is 5.76. The first kappa shape index (κ1) is 10.9. The van der Waals surface area contributed by atoms with Crippen molar-refractivity contribution in [3.05, 3.63) is 0 Å². The molecule has 15 heavy (non-hydrogen) atoms. The molecule has 1 saturated heterocycles. The Labute approximate surface area is 90.0 Å². The van der Waals surface area contributed by atoms with Crippen molar-refractivity contribution >= 4 is 5.97 Å². The Kier molecular flexibility index (Phi) is 3.26. The standard InChI is InChI=1S/C11H19NO3/c13-10(14)11(7-15-8-11)6-12-5-9-3-1-2-4-9/h9,12H,1-8H2,(H,13,14). The fraction of sp³-hybridized carbons (Fsp3) is 0.909. The highest BCUT2D eigenvalue weighted by atomic mass is 16.5. The SMILES string of the molecule is O=C(O)C1(CNCC2CCCC2)COC1. The highest BCUT2D eigenvalue weighted by Crippen LogP contribution is 2.28. The Morgan fingerprint density at radius 1 is 1.40 bits per heavy atom. The third kappa shape index (κ3) is 2.32. The summed E-state index contributed by atoms with van der Waals surface area (Å²) in [5.41, 5.74) is -0.640. The molecule has 1 heterocycles. The number of carbonyl (C=O) groups is 1. The summed E-state index contributed by atoms with van der Waals surface area (Å²) in [6.07, 6.45) is 5.26. The zero-order valence-electron chi connectivity index (χ0n) is 9.00. The number of hydrogen-bond acceptors (Lipinski definition) is 3. The van der Waals surface area contributed by atoms with E-state index in [1.165, 1.54) is 25.7 Å². The van der Waals surface area contributed by atoms with Crippen LogP contribution in [0.3, 0.4) is 0 Å². The van der Waals surface area contributed by atoms with Crippen molar-refractivity contribution in [1.29, 1.82) is 0 Å². The van der Waals surface area contributed by atoms with E-state index in [1.807, 2.05) is 0 Å². The molecule has 4 nitrogen and oxygen atoms in total. The molecule has 1 saturated carbocycles. The van der Waals surface area contributed by atoms with Crippen LogP contribution >= 0.6 is 0 Å². The third-order valence-electron chi connectivity index (χ3n) is 3.58. The summed E-state index contributed by atoms with van der Waals surface area (Å²) < 4.78 is 5.00. The van der Waals surface area contributed by atoms with Crippen LogP contribution < -0.4 is 5.32 Å². The number of hydrogen-bond donors (Lipinski definition) is 2. The molecule has 0 radical (unpaired) electrons. The second kappa shape index (κ2) is 4.49. The van der Waals surface area contributed by atoms with E-state index < -0.39 is 11.4 Å². The zero-order chi connectivity index (χ0) is 10.7. The summed E-state index contributed by atoms with van der Waals surface area (Å²) in [7, 11) is 0. The van der Waals surface area contributed by atoms with Gasteiger partial charge in [-0.15, -0.1) is 0 Å². The van der Waals surface area contributed by atoms with Crippen LogP contribution in [0.4, 0.5) is 0 Å². The third-order valence-corrected chi connectivity index (χ3v) is 3.58. The Hall–Kier alpha value is -0.610. The number of nitrogens with one attached hydrogen (secondary N) is 1. The van der Waals surface area contributed by atoms with Crippen LogP contribution in [-0.4, -0.2) is 37.4 Å². The summed E-state index contributed by atoms with van der Waals surface area (Å²) >= 11 is 0. The molecule has 2 fully saturated rings. The quantitative estimate of drug-likeness (QED) is 0.711. The molecule has 2 N–H and O–H groups in total. The molecule has 2 rings (SSSR count).